The van der Waals surface area contributed by atoms with Crippen LogP contribution < -0.4 is 19.5 Å². The number of nitrogens with zero attached hydrogens (tertiary/aromatic N) is 2. The van der Waals surface area contributed by atoms with Crippen LogP contribution >= 0.6 is 34.5 Å². The van der Waals surface area contributed by atoms with Gasteiger partial charge in [-0.3, -0.25) is 10.2 Å². The minimum Gasteiger partial charge on any atom is -0.619 e. The Balaban J connectivity index is 1.29. The Morgan fingerprint density at radius 3 is 2.35 bits per heavy atom. The first-order chi connectivity index (χ1) is 23.2. The average molecular weight is 715 g/mol. The summed E-state index contributed by atoms with van der Waals surface area (Å²) in [4.78, 5) is 30.2. The normalized spacial score (nSPS) is 14.3. The minimum absolute atomic E-state index is 0.0954. The van der Waals surface area contributed by atoms with Crippen molar-refractivity contribution < 1.29 is 33.3 Å². The van der Waals surface area contributed by atoms with E-state index in [4.69, 9.17) is 42.1 Å². The minimum atomic E-state index is -0.837. The van der Waals surface area contributed by atoms with Crippen molar-refractivity contribution in [2.75, 3.05) is 40.5 Å². The molecule has 4 aromatic rings. The first-order valence-electron chi connectivity index (χ1n) is 15.5. The molecule has 2 atom stereocenters. The van der Waals surface area contributed by atoms with E-state index < -0.39 is 18.1 Å². The van der Waals surface area contributed by atoms with Crippen LogP contribution in [0.15, 0.2) is 73.1 Å². The van der Waals surface area contributed by atoms with Crippen LogP contribution in [0.3, 0.4) is 0 Å². The fourth-order valence-corrected chi connectivity index (χ4v) is 6.95. The third kappa shape index (κ3) is 9.18. The van der Waals surface area contributed by atoms with Gasteiger partial charge in [0.15, 0.2) is 23.9 Å². The van der Waals surface area contributed by atoms with Gasteiger partial charge in [-0.1, -0.05) is 59.6 Å². The van der Waals surface area contributed by atoms with Crippen molar-refractivity contribution in [1.29, 1.82) is 0 Å². The molecule has 0 spiro atoms. The summed E-state index contributed by atoms with van der Waals surface area (Å²) in [6.07, 6.45) is 4.00. The highest BCUT2D eigenvalue weighted by Crippen LogP contribution is 2.36. The van der Waals surface area contributed by atoms with E-state index in [-0.39, 0.29) is 22.4 Å². The van der Waals surface area contributed by atoms with Crippen LogP contribution in [0.5, 0.6) is 11.5 Å². The molecule has 5 rings (SSSR count). The predicted molar refractivity (Wildman–Crippen MR) is 184 cm³/mol. The molecule has 0 aliphatic carbocycles. The van der Waals surface area contributed by atoms with Crippen LogP contribution in [0.1, 0.15) is 56.2 Å². The Morgan fingerprint density at radius 1 is 0.958 bits per heavy atom. The largest absolute Gasteiger partial charge is 0.619 e. The number of aromatic nitrogens is 1. The number of ether oxygens (including phenoxy) is 4. The van der Waals surface area contributed by atoms with Gasteiger partial charge in [0.25, 0.3) is 0 Å². The average Bonchev–Trinajstić information content (AvgIpc) is 3.79. The molecule has 1 fully saturated rings. The number of carbonyl (C=O) groups is 2. The first-order valence-corrected chi connectivity index (χ1v) is 17.1. The second kappa shape index (κ2) is 17.0. The smallest absolute Gasteiger partial charge is 0.348 e. The number of halogens is 2. The van der Waals surface area contributed by atoms with Gasteiger partial charge >= 0.3 is 11.9 Å². The van der Waals surface area contributed by atoms with E-state index in [1.54, 1.807) is 24.3 Å². The van der Waals surface area contributed by atoms with Gasteiger partial charge in [0.1, 0.15) is 33.7 Å². The SMILES string of the molecule is COc1ccc(C(Cc2c(Cl)c[n+]([O-])cc2Cl)OC(=O)c2ccc(CNC(C(=O)OCCN3CCCC3)c3ccccc3)s2)cc1OC. The fourth-order valence-electron chi connectivity index (χ4n) is 5.51. The lowest BCUT2D eigenvalue weighted by atomic mass is 10.0. The highest BCUT2D eigenvalue weighted by molar-refractivity contribution is 7.13. The summed E-state index contributed by atoms with van der Waals surface area (Å²) in [6.45, 7) is 3.43. The van der Waals surface area contributed by atoms with Crippen molar-refractivity contribution in [1.82, 2.24) is 10.2 Å². The number of likely N-dealkylation sites (tertiary alicyclic amines) is 1. The molecule has 10 nitrogen and oxygen atoms in total. The Labute approximate surface area is 293 Å². The maximum Gasteiger partial charge on any atom is 0.348 e. The van der Waals surface area contributed by atoms with Gasteiger partial charge in [0.2, 0.25) is 0 Å². The van der Waals surface area contributed by atoms with Crippen LogP contribution in [0.25, 0.3) is 0 Å². The Bertz CT molecular complexity index is 1680. The maximum absolute atomic E-state index is 13.5. The molecule has 0 saturated carbocycles. The molecule has 1 N–H and O–H groups in total. The zero-order chi connectivity index (χ0) is 34.0. The summed E-state index contributed by atoms with van der Waals surface area (Å²) in [5.74, 6) is 0.0454. The van der Waals surface area contributed by atoms with Crippen molar-refractivity contribution in [3.63, 3.8) is 0 Å². The molecule has 1 aliphatic rings. The van der Waals surface area contributed by atoms with E-state index in [1.807, 2.05) is 36.4 Å². The van der Waals surface area contributed by atoms with Gasteiger partial charge in [0.05, 0.1) is 14.2 Å². The molecule has 0 radical (unpaired) electrons. The van der Waals surface area contributed by atoms with Gasteiger partial charge < -0.3 is 24.2 Å². The fraction of sp³-hybridized carbons (Fsp3) is 0.343. The number of hydrogen-bond donors (Lipinski definition) is 1. The molecule has 0 amide bonds. The summed E-state index contributed by atoms with van der Waals surface area (Å²) < 4.78 is 23.1. The van der Waals surface area contributed by atoms with Crippen molar-refractivity contribution in [3.05, 3.63) is 115 Å². The number of methoxy groups -OCH3 is 2. The molecule has 2 unspecified atom stereocenters. The van der Waals surface area contributed by atoms with Gasteiger partial charge in [-0.25, -0.2) is 9.59 Å². The Kier molecular flexibility index (Phi) is 12.5. The molecule has 3 heterocycles. The first kappa shape index (κ1) is 35.4. The van der Waals surface area contributed by atoms with E-state index in [2.05, 4.69) is 10.2 Å². The number of hydrogen-bond acceptors (Lipinski definition) is 10. The lowest BCUT2D eigenvalue weighted by molar-refractivity contribution is -0.605. The summed E-state index contributed by atoms with van der Waals surface area (Å²) >= 11 is 14.0. The lowest BCUT2D eigenvalue weighted by Gasteiger charge is -2.20. The second-order valence-electron chi connectivity index (χ2n) is 11.2. The molecule has 254 valence electrons. The predicted octanol–water partition coefficient (Wildman–Crippen LogP) is 6.32. The second-order valence-corrected chi connectivity index (χ2v) is 13.2. The molecule has 2 aromatic carbocycles. The molecule has 0 bridgehead atoms. The number of pyridine rings is 1. The molecular formula is C35H37Cl2N3O7S. The third-order valence-electron chi connectivity index (χ3n) is 8.04. The topological polar surface area (TPSA) is 113 Å². The highest BCUT2D eigenvalue weighted by atomic mass is 35.5. The Morgan fingerprint density at radius 2 is 1.67 bits per heavy atom. The molecule has 2 aromatic heterocycles. The number of benzene rings is 2. The molecule has 13 heteroatoms. The van der Waals surface area contributed by atoms with Gasteiger partial charge in [-0.05, 0) is 61.3 Å². The van der Waals surface area contributed by atoms with Gasteiger partial charge in [-0.2, -0.15) is 4.73 Å². The van der Waals surface area contributed by atoms with E-state index in [0.29, 0.717) is 45.4 Å². The summed E-state index contributed by atoms with van der Waals surface area (Å²) in [5.41, 5.74) is 1.85. The van der Waals surface area contributed by atoms with E-state index in [9.17, 15) is 14.8 Å². The van der Waals surface area contributed by atoms with Crippen molar-refractivity contribution >= 4 is 46.5 Å². The monoisotopic (exact) mass is 713 g/mol. The molecule has 1 aliphatic heterocycles. The standard InChI is InChI=1S/C35H37Cl2N3O7S/c1-44-29-12-10-24(18-31(29)45-2)30(19-26-27(36)21-40(43)22-28(26)37)47-34(41)32-13-11-25(48-32)20-38-33(23-8-4-3-5-9-23)35(42)46-17-16-39-14-6-7-15-39/h3-5,8-13,18,21-22,30,33,38H,6-7,14-17,19-20H2,1-2H3. The van der Waals surface area contributed by atoms with E-state index in [1.165, 1.54) is 50.8 Å². The third-order valence-corrected chi connectivity index (χ3v) is 9.76. The maximum atomic E-state index is 13.5. The number of esters is 2. The van der Waals surface area contributed by atoms with Crippen LogP contribution in [0.2, 0.25) is 10.0 Å². The van der Waals surface area contributed by atoms with Crippen LogP contribution in [-0.2, 0) is 27.2 Å². The summed E-state index contributed by atoms with van der Waals surface area (Å²) in [6, 6.07) is 17.4. The van der Waals surface area contributed by atoms with Crippen molar-refractivity contribution in [2.45, 2.75) is 38.0 Å². The summed E-state index contributed by atoms with van der Waals surface area (Å²) in [5, 5.41) is 15.4. The highest BCUT2D eigenvalue weighted by Gasteiger charge is 2.26. The number of carbonyl (C=O) groups excluding carboxylic acids is 2. The number of thiophene rings is 1. The zero-order valence-corrected chi connectivity index (χ0v) is 29.0. The lowest BCUT2D eigenvalue weighted by Crippen LogP contribution is -2.32. The summed E-state index contributed by atoms with van der Waals surface area (Å²) in [7, 11) is 3.04. The quantitative estimate of drug-likeness (QED) is 0.0860. The van der Waals surface area contributed by atoms with Crippen LogP contribution in [0.4, 0.5) is 0 Å². The number of rotatable bonds is 15. The Hall–Kier alpha value is -3.87. The van der Waals surface area contributed by atoms with Gasteiger partial charge in [0, 0.05) is 30.0 Å². The van der Waals surface area contributed by atoms with E-state index >= 15 is 0 Å². The van der Waals surface area contributed by atoms with Crippen LogP contribution in [0, 0.1) is 5.21 Å². The zero-order valence-electron chi connectivity index (χ0n) is 26.7. The van der Waals surface area contributed by atoms with Gasteiger partial charge in [-0.15, -0.1) is 11.3 Å². The molecule has 1 saturated heterocycles. The molecule has 48 heavy (non-hydrogen) atoms. The molecular weight excluding hydrogens is 677 g/mol. The van der Waals surface area contributed by atoms with Crippen molar-refractivity contribution in [2.24, 2.45) is 0 Å². The number of nitrogens with one attached hydrogen (secondary N) is 1. The van der Waals surface area contributed by atoms with Crippen molar-refractivity contribution in [3.8, 4) is 11.5 Å². The van der Waals surface area contributed by atoms with Crippen LogP contribution in [-0.4, -0.2) is 57.3 Å². The van der Waals surface area contributed by atoms with E-state index in [0.717, 1.165) is 30.1 Å².